The fourth-order valence-electron chi connectivity index (χ4n) is 1.78. The average Bonchev–Trinajstić information content (AvgIpc) is 2.89. The zero-order valence-electron chi connectivity index (χ0n) is 11.8. The lowest BCUT2D eigenvalue weighted by Crippen LogP contribution is -2.12. The summed E-state index contributed by atoms with van der Waals surface area (Å²) in [5.74, 6) is 0. The van der Waals surface area contributed by atoms with Gasteiger partial charge in [0.05, 0.1) is 5.69 Å². The fraction of sp³-hybridized carbons (Fsp3) is 0.286. The molecule has 0 bridgehead atoms. The van der Waals surface area contributed by atoms with E-state index in [0.29, 0.717) is 9.90 Å². The molecule has 0 aliphatic rings. The number of nitrogens with one attached hydrogen (secondary N) is 2. The van der Waals surface area contributed by atoms with E-state index >= 15 is 0 Å². The molecule has 7 heteroatoms. The van der Waals surface area contributed by atoms with Crippen LogP contribution in [0.4, 0.5) is 5.69 Å². The number of thiophene rings is 1. The Morgan fingerprint density at radius 1 is 1.24 bits per heavy atom. The minimum absolute atomic E-state index is 0.334. The molecule has 0 radical (unpaired) electrons. The lowest BCUT2D eigenvalue weighted by Gasteiger charge is -2.08. The maximum atomic E-state index is 12.4. The molecule has 0 unspecified atom stereocenters. The number of benzene rings is 1. The highest BCUT2D eigenvalue weighted by Crippen LogP contribution is 2.28. The molecule has 0 saturated carbocycles. The standard InChI is InChI=1S/C14H17BrN2O2S2/c1-10-3-5-13(12(15)9-10)17-21(18,19)14-6-4-11(20-14)7-8-16-2/h3-6,9,16-17H,7-8H2,1-2H3. The Morgan fingerprint density at radius 2 is 2.00 bits per heavy atom. The van der Waals surface area contributed by atoms with Crippen LogP contribution >= 0.6 is 27.3 Å². The van der Waals surface area contributed by atoms with Gasteiger partial charge >= 0.3 is 0 Å². The number of aryl methyl sites for hydroxylation is 1. The number of hydrogen-bond donors (Lipinski definition) is 2. The highest BCUT2D eigenvalue weighted by molar-refractivity contribution is 9.10. The van der Waals surface area contributed by atoms with E-state index in [0.717, 1.165) is 27.9 Å². The molecule has 2 rings (SSSR count). The zero-order chi connectivity index (χ0) is 15.5. The third-order valence-electron chi connectivity index (χ3n) is 2.89. The second-order valence-corrected chi connectivity index (χ2v) is 8.60. The topological polar surface area (TPSA) is 58.2 Å². The first kappa shape index (κ1) is 16.5. The second kappa shape index (κ2) is 6.91. The Bertz CT molecular complexity index is 726. The Balaban J connectivity index is 2.19. The zero-order valence-corrected chi connectivity index (χ0v) is 15.0. The van der Waals surface area contributed by atoms with Gasteiger partial charge in [-0.1, -0.05) is 6.07 Å². The summed E-state index contributed by atoms with van der Waals surface area (Å²) >= 11 is 4.68. The van der Waals surface area contributed by atoms with Gasteiger partial charge in [-0.05, 0) is 72.7 Å². The summed E-state index contributed by atoms with van der Waals surface area (Å²) < 4.78 is 28.5. The molecule has 114 valence electrons. The van der Waals surface area contributed by atoms with Gasteiger partial charge in [0.25, 0.3) is 10.0 Å². The van der Waals surface area contributed by atoms with E-state index in [2.05, 4.69) is 26.0 Å². The first-order valence-electron chi connectivity index (χ1n) is 6.44. The minimum atomic E-state index is -3.53. The van der Waals surface area contributed by atoms with Crippen LogP contribution < -0.4 is 10.0 Å². The van der Waals surface area contributed by atoms with E-state index in [1.54, 1.807) is 12.1 Å². The number of hydrogen-bond acceptors (Lipinski definition) is 4. The Hall–Kier alpha value is -0.890. The van der Waals surface area contributed by atoms with Crippen molar-refractivity contribution in [2.75, 3.05) is 18.3 Å². The van der Waals surface area contributed by atoms with Crippen molar-refractivity contribution in [2.45, 2.75) is 17.6 Å². The van der Waals surface area contributed by atoms with E-state index in [-0.39, 0.29) is 0 Å². The summed E-state index contributed by atoms with van der Waals surface area (Å²) in [5, 5.41) is 3.05. The van der Waals surface area contributed by atoms with Crippen LogP contribution in [0.5, 0.6) is 0 Å². The van der Waals surface area contributed by atoms with Crippen molar-refractivity contribution in [3.63, 3.8) is 0 Å². The molecule has 0 aliphatic carbocycles. The quantitative estimate of drug-likeness (QED) is 0.797. The first-order valence-corrected chi connectivity index (χ1v) is 9.54. The van der Waals surface area contributed by atoms with E-state index in [4.69, 9.17) is 0 Å². The van der Waals surface area contributed by atoms with E-state index in [1.807, 2.05) is 32.2 Å². The first-order chi connectivity index (χ1) is 9.92. The monoisotopic (exact) mass is 388 g/mol. The predicted octanol–water partition coefficient (Wildman–Crippen LogP) is 3.38. The van der Waals surface area contributed by atoms with Crippen molar-refractivity contribution in [2.24, 2.45) is 0 Å². The van der Waals surface area contributed by atoms with E-state index in [9.17, 15) is 8.42 Å². The van der Waals surface area contributed by atoms with Crippen LogP contribution in [0.2, 0.25) is 0 Å². The SMILES string of the molecule is CNCCc1ccc(S(=O)(=O)Nc2ccc(C)cc2Br)s1. The van der Waals surface area contributed by atoms with Gasteiger partial charge in [-0.25, -0.2) is 8.42 Å². The maximum Gasteiger partial charge on any atom is 0.271 e. The van der Waals surface area contributed by atoms with Gasteiger partial charge in [0, 0.05) is 9.35 Å². The average molecular weight is 389 g/mol. The predicted molar refractivity (Wildman–Crippen MR) is 91.6 cm³/mol. The van der Waals surface area contributed by atoms with Crippen molar-refractivity contribution < 1.29 is 8.42 Å². The molecule has 4 nitrogen and oxygen atoms in total. The molecule has 1 aromatic heterocycles. The minimum Gasteiger partial charge on any atom is -0.319 e. The van der Waals surface area contributed by atoms with Crippen LogP contribution in [0.25, 0.3) is 0 Å². The number of rotatable bonds is 6. The third-order valence-corrected chi connectivity index (χ3v) is 6.55. The molecule has 0 amide bonds. The molecular formula is C14H17BrN2O2S2. The molecule has 21 heavy (non-hydrogen) atoms. The van der Waals surface area contributed by atoms with Crippen molar-refractivity contribution in [1.82, 2.24) is 5.32 Å². The van der Waals surface area contributed by atoms with Gasteiger partial charge < -0.3 is 5.32 Å². The largest absolute Gasteiger partial charge is 0.319 e. The number of sulfonamides is 1. The molecule has 2 aromatic rings. The van der Waals surface area contributed by atoms with Crippen LogP contribution in [0.1, 0.15) is 10.4 Å². The highest BCUT2D eigenvalue weighted by Gasteiger charge is 2.18. The molecule has 0 aliphatic heterocycles. The lowest BCUT2D eigenvalue weighted by molar-refractivity contribution is 0.603. The highest BCUT2D eigenvalue weighted by atomic mass is 79.9. The van der Waals surface area contributed by atoms with Crippen LogP contribution in [0.3, 0.4) is 0 Å². The molecule has 0 saturated heterocycles. The summed E-state index contributed by atoms with van der Waals surface area (Å²) in [5.41, 5.74) is 1.61. The van der Waals surface area contributed by atoms with Gasteiger partial charge in [0.15, 0.2) is 0 Å². The molecule has 0 spiro atoms. The van der Waals surface area contributed by atoms with Crippen LogP contribution in [0, 0.1) is 6.92 Å². The summed E-state index contributed by atoms with van der Waals surface area (Å²) in [4.78, 5) is 1.05. The molecule has 0 fully saturated rings. The summed E-state index contributed by atoms with van der Waals surface area (Å²) in [6, 6.07) is 9.02. The Labute approximate surface area is 137 Å². The van der Waals surface area contributed by atoms with Gasteiger partial charge in [0.2, 0.25) is 0 Å². The Kier molecular flexibility index (Phi) is 5.43. The van der Waals surface area contributed by atoms with E-state index < -0.39 is 10.0 Å². The molecule has 1 aromatic carbocycles. The van der Waals surface area contributed by atoms with Crippen molar-refractivity contribution >= 4 is 43.0 Å². The van der Waals surface area contributed by atoms with Crippen molar-refractivity contribution in [3.05, 3.63) is 45.2 Å². The van der Waals surface area contributed by atoms with Gasteiger partial charge in [-0.3, -0.25) is 4.72 Å². The number of likely N-dealkylation sites (N-methyl/N-ethyl adjacent to an activating group) is 1. The molecule has 2 N–H and O–H groups in total. The van der Waals surface area contributed by atoms with Gasteiger partial charge in [-0.2, -0.15) is 0 Å². The number of anilines is 1. The summed E-state index contributed by atoms with van der Waals surface area (Å²) in [7, 11) is -1.66. The number of halogens is 1. The third kappa shape index (κ3) is 4.29. The molecule has 0 atom stereocenters. The lowest BCUT2D eigenvalue weighted by atomic mass is 10.2. The summed E-state index contributed by atoms with van der Waals surface area (Å²) in [6.07, 6.45) is 0.824. The maximum absolute atomic E-state index is 12.4. The van der Waals surface area contributed by atoms with Gasteiger partial charge in [0.1, 0.15) is 4.21 Å². The van der Waals surface area contributed by atoms with E-state index in [1.165, 1.54) is 11.3 Å². The normalized spacial score (nSPS) is 11.6. The van der Waals surface area contributed by atoms with Crippen LogP contribution in [0.15, 0.2) is 39.0 Å². The molecular weight excluding hydrogens is 372 g/mol. The molecule has 1 heterocycles. The smallest absolute Gasteiger partial charge is 0.271 e. The fourth-order valence-corrected chi connectivity index (χ4v) is 4.94. The van der Waals surface area contributed by atoms with Crippen LogP contribution in [-0.4, -0.2) is 22.0 Å². The second-order valence-electron chi connectivity index (χ2n) is 4.66. The van der Waals surface area contributed by atoms with Gasteiger partial charge in [-0.15, -0.1) is 11.3 Å². The Morgan fingerprint density at radius 3 is 2.67 bits per heavy atom. The van der Waals surface area contributed by atoms with Crippen molar-refractivity contribution in [1.29, 1.82) is 0 Å². The van der Waals surface area contributed by atoms with Crippen LogP contribution in [-0.2, 0) is 16.4 Å². The summed E-state index contributed by atoms with van der Waals surface area (Å²) in [6.45, 7) is 2.79. The van der Waals surface area contributed by atoms with Crippen molar-refractivity contribution in [3.8, 4) is 0 Å².